The van der Waals surface area contributed by atoms with Crippen molar-refractivity contribution in [2.45, 2.75) is 44.8 Å². The quantitative estimate of drug-likeness (QED) is 0.712. The number of carbonyl (C=O) groups excluding carboxylic acids is 1. The van der Waals surface area contributed by atoms with Gasteiger partial charge in [0.05, 0.1) is 6.61 Å². The molecule has 0 aliphatic heterocycles. The minimum atomic E-state index is -0.738. The van der Waals surface area contributed by atoms with Crippen LogP contribution in [0, 0.1) is 0 Å². The number of aliphatic hydroxyl groups excluding tert-OH is 1. The van der Waals surface area contributed by atoms with Crippen molar-refractivity contribution in [3.63, 3.8) is 0 Å². The number of ether oxygens (including phenoxy) is 1. The summed E-state index contributed by atoms with van der Waals surface area (Å²) in [5.74, 6) is 0.00375. The molecule has 4 heteroatoms. The van der Waals surface area contributed by atoms with Gasteiger partial charge in [-0.2, -0.15) is 0 Å². The number of amides is 1. The summed E-state index contributed by atoms with van der Waals surface area (Å²) in [5.41, 5.74) is -0.738. The fraction of sp³-hybridized carbons (Fsp3) is 0.909. The van der Waals surface area contributed by atoms with Crippen LogP contribution in [0.3, 0.4) is 0 Å². The number of rotatable bonds is 6. The Balaban J connectivity index is 2.69. The molecular formula is C11H21NO3. The lowest BCUT2D eigenvalue weighted by Gasteiger charge is -2.32. The number of aliphatic hydroxyl groups is 1. The fourth-order valence-corrected chi connectivity index (χ4v) is 1.63. The van der Waals surface area contributed by atoms with Crippen LogP contribution in [0.1, 0.15) is 33.1 Å². The lowest BCUT2D eigenvalue weighted by molar-refractivity contribution is -0.154. The van der Waals surface area contributed by atoms with Crippen molar-refractivity contribution in [2.75, 3.05) is 20.3 Å². The molecule has 1 N–H and O–H groups in total. The molecular weight excluding hydrogens is 194 g/mol. The molecule has 1 amide bonds. The molecule has 1 fully saturated rings. The zero-order valence-electron chi connectivity index (χ0n) is 9.82. The highest BCUT2D eigenvalue weighted by molar-refractivity contribution is 5.85. The Hall–Kier alpha value is -0.610. The molecule has 15 heavy (non-hydrogen) atoms. The Bertz CT molecular complexity index is 222. The van der Waals surface area contributed by atoms with Crippen LogP contribution >= 0.6 is 0 Å². The summed E-state index contributed by atoms with van der Waals surface area (Å²) in [6.07, 6.45) is 2.75. The van der Waals surface area contributed by atoms with Crippen molar-refractivity contribution >= 4 is 5.91 Å². The molecule has 1 aliphatic rings. The highest BCUT2D eigenvalue weighted by atomic mass is 16.5. The van der Waals surface area contributed by atoms with Gasteiger partial charge < -0.3 is 14.7 Å². The van der Waals surface area contributed by atoms with E-state index in [0.29, 0.717) is 19.0 Å². The standard InChI is InChI=1S/C11H21NO3/c1-4-11(2,15-3)10(14)12(7-8-13)9-5-6-9/h9,13H,4-8H2,1-3H3. The molecule has 0 spiro atoms. The summed E-state index contributed by atoms with van der Waals surface area (Å²) in [5, 5.41) is 8.94. The second-order valence-corrected chi connectivity index (χ2v) is 4.24. The summed E-state index contributed by atoms with van der Waals surface area (Å²) in [4.78, 5) is 13.9. The molecule has 1 rings (SSSR count). The van der Waals surface area contributed by atoms with Crippen molar-refractivity contribution in [2.24, 2.45) is 0 Å². The van der Waals surface area contributed by atoms with E-state index in [9.17, 15) is 4.79 Å². The lowest BCUT2D eigenvalue weighted by atomic mass is 10.0. The van der Waals surface area contributed by atoms with Crippen LogP contribution in [0.15, 0.2) is 0 Å². The van der Waals surface area contributed by atoms with E-state index in [-0.39, 0.29) is 12.5 Å². The van der Waals surface area contributed by atoms with Crippen LogP contribution in [-0.2, 0) is 9.53 Å². The number of hydrogen-bond acceptors (Lipinski definition) is 3. The molecule has 0 radical (unpaired) electrons. The van der Waals surface area contributed by atoms with Crippen LogP contribution in [0.2, 0.25) is 0 Å². The number of nitrogens with zero attached hydrogens (tertiary/aromatic N) is 1. The minimum Gasteiger partial charge on any atom is -0.395 e. The molecule has 1 unspecified atom stereocenters. The highest BCUT2D eigenvalue weighted by Gasteiger charge is 2.41. The van der Waals surface area contributed by atoms with Gasteiger partial charge in [-0.15, -0.1) is 0 Å². The SMILES string of the molecule is CCC(C)(OC)C(=O)N(CCO)C1CC1. The Labute approximate surface area is 91.2 Å². The maximum atomic E-state index is 12.2. The summed E-state index contributed by atoms with van der Waals surface area (Å²) in [7, 11) is 1.56. The first-order valence-corrected chi connectivity index (χ1v) is 5.56. The Kier molecular flexibility index (Phi) is 4.11. The van der Waals surface area contributed by atoms with E-state index in [4.69, 9.17) is 9.84 Å². The van der Waals surface area contributed by atoms with E-state index >= 15 is 0 Å². The molecule has 1 atom stereocenters. The molecule has 4 nitrogen and oxygen atoms in total. The summed E-state index contributed by atoms with van der Waals surface area (Å²) in [6, 6.07) is 0.325. The number of hydrogen-bond donors (Lipinski definition) is 1. The van der Waals surface area contributed by atoms with Crippen molar-refractivity contribution in [1.29, 1.82) is 0 Å². The highest BCUT2D eigenvalue weighted by Crippen LogP contribution is 2.30. The molecule has 0 bridgehead atoms. The van der Waals surface area contributed by atoms with Gasteiger partial charge >= 0.3 is 0 Å². The van der Waals surface area contributed by atoms with Crippen LogP contribution in [0.4, 0.5) is 0 Å². The molecule has 0 heterocycles. The topological polar surface area (TPSA) is 49.8 Å². The Morgan fingerprint density at radius 3 is 2.53 bits per heavy atom. The number of carbonyl (C=O) groups is 1. The van der Waals surface area contributed by atoms with Gasteiger partial charge in [-0.05, 0) is 26.2 Å². The maximum Gasteiger partial charge on any atom is 0.254 e. The smallest absolute Gasteiger partial charge is 0.254 e. The van der Waals surface area contributed by atoms with Gasteiger partial charge in [0.15, 0.2) is 0 Å². The second-order valence-electron chi connectivity index (χ2n) is 4.24. The lowest BCUT2D eigenvalue weighted by Crippen LogP contribution is -2.49. The van der Waals surface area contributed by atoms with Gasteiger partial charge in [0, 0.05) is 19.7 Å². The summed E-state index contributed by atoms with van der Waals surface area (Å²) in [6.45, 7) is 4.18. The molecule has 0 aromatic heterocycles. The Morgan fingerprint density at radius 1 is 1.60 bits per heavy atom. The van der Waals surface area contributed by atoms with Crippen molar-refractivity contribution < 1.29 is 14.6 Å². The predicted octanol–water partition coefficient (Wildman–Crippen LogP) is 0.785. The average molecular weight is 215 g/mol. The van der Waals surface area contributed by atoms with Gasteiger partial charge in [0.1, 0.15) is 5.60 Å². The summed E-state index contributed by atoms with van der Waals surface area (Å²) < 4.78 is 5.28. The fourth-order valence-electron chi connectivity index (χ4n) is 1.63. The molecule has 1 saturated carbocycles. The summed E-state index contributed by atoms with van der Waals surface area (Å²) >= 11 is 0. The van der Waals surface area contributed by atoms with Gasteiger partial charge in [-0.1, -0.05) is 6.92 Å². The van der Waals surface area contributed by atoms with Gasteiger partial charge in [-0.25, -0.2) is 0 Å². The molecule has 88 valence electrons. The largest absolute Gasteiger partial charge is 0.395 e. The third-order valence-electron chi connectivity index (χ3n) is 3.17. The third kappa shape index (κ3) is 2.69. The first kappa shape index (κ1) is 12.5. The third-order valence-corrected chi connectivity index (χ3v) is 3.17. The zero-order chi connectivity index (χ0) is 11.5. The maximum absolute atomic E-state index is 12.2. The normalized spacial score (nSPS) is 19.7. The molecule has 0 aromatic carbocycles. The predicted molar refractivity (Wildman–Crippen MR) is 57.5 cm³/mol. The zero-order valence-corrected chi connectivity index (χ0v) is 9.82. The molecule has 0 saturated heterocycles. The van der Waals surface area contributed by atoms with E-state index in [1.807, 2.05) is 13.8 Å². The van der Waals surface area contributed by atoms with E-state index in [1.54, 1.807) is 12.0 Å². The number of methoxy groups -OCH3 is 1. The van der Waals surface area contributed by atoms with Crippen molar-refractivity contribution in [1.82, 2.24) is 4.90 Å². The first-order valence-electron chi connectivity index (χ1n) is 5.56. The van der Waals surface area contributed by atoms with Crippen molar-refractivity contribution in [3.05, 3.63) is 0 Å². The van der Waals surface area contributed by atoms with E-state index in [1.165, 1.54) is 0 Å². The van der Waals surface area contributed by atoms with Gasteiger partial charge in [0.2, 0.25) is 0 Å². The molecule has 1 aliphatic carbocycles. The van der Waals surface area contributed by atoms with Crippen LogP contribution < -0.4 is 0 Å². The van der Waals surface area contributed by atoms with Crippen LogP contribution in [-0.4, -0.2) is 47.8 Å². The van der Waals surface area contributed by atoms with Gasteiger partial charge in [-0.3, -0.25) is 4.79 Å². The van der Waals surface area contributed by atoms with E-state index in [2.05, 4.69) is 0 Å². The van der Waals surface area contributed by atoms with Gasteiger partial charge in [0.25, 0.3) is 5.91 Å². The monoisotopic (exact) mass is 215 g/mol. The second kappa shape index (κ2) is 4.94. The van der Waals surface area contributed by atoms with Crippen molar-refractivity contribution in [3.8, 4) is 0 Å². The average Bonchev–Trinajstić information content (AvgIpc) is 3.07. The molecule has 0 aromatic rings. The first-order chi connectivity index (χ1) is 7.09. The van der Waals surface area contributed by atoms with E-state index < -0.39 is 5.60 Å². The van der Waals surface area contributed by atoms with E-state index in [0.717, 1.165) is 12.8 Å². The van der Waals surface area contributed by atoms with Crippen LogP contribution in [0.5, 0.6) is 0 Å². The van der Waals surface area contributed by atoms with Crippen LogP contribution in [0.25, 0.3) is 0 Å². The minimum absolute atomic E-state index is 0.00375. The Morgan fingerprint density at radius 2 is 2.20 bits per heavy atom.